The van der Waals surface area contributed by atoms with Crippen molar-refractivity contribution in [2.24, 2.45) is 5.41 Å². The lowest BCUT2D eigenvalue weighted by Crippen LogP contribution is -2.65. The monoisotopic (exact) mass is 505 g/mol. The smallest absolute Gasteiger partial charge is 0.257 e. The minimum atomic E-state index is -0.681. The highest BCUT2D eigenvalue weighted by atomic mass is 16.7. The van der Waals surface area contributed by atoms with Gasteiger partial charge < -0.3 is 24.4 Å². The number of aliphatic hydroxyl groups is 1. The van der Waals surface area contributed by atoms with Crippen molar-refractivity contribution in [1.82, 2.24) is 14.7 Å². The SMILES string of the molecule is CC(=O)N1CC2(CC(OC3CN(C[C@H](O)CN4CCc5ccccc5C4)C(=O)c4ccccc4O3)C2)C1. The maximum Gasteiger partial charge on any atom is 0.257 e. The van der Waals surface area contributed by atoms with Crippen LogP contribution in [0.25, 0.3) is 0 Å². The Hall–Kier alpha value is -2.94. The second kappa shape index (κ2) is 9.74. The number of hydrogen-bond donors (Lipinski definition) is 1. The minimum absolute atomic E-state index is 0.0414. The summed E-state index contributed by atoms with van der Waals surface area (Å²) in [6, 6.07) is 15.7. The van der Waals surface area contributed by atoms with Crippen molar-refractivity contribution < 1.29 is 24.2 Å². The Kier molecular flexibility index (Phi) is 6.42. The number of hydrogen-bond acceptors (Lipinski definition) is 6. The number of rotatable bonds is 6. The number of β-amino-alcohol motifs (C(OH)–C–C–N with tert-alkyl or cyclic N) is 1. The van der Waals surface area contributed by atoms with Gasteiger partial charge in [-0.05, 0) is 42.5 Å². The standard InChI is InChI=1S/C29H35N3O5/c1-20(33)32-18-29(19-32)12-24(13-29)36-27-17-31(28(35)25-8-4-5-9-26(25)37-27)16-23(34)15-30-11-10-21-6-2-3-7-22(21)14-30/h2-9,23-24,27,34H,10-19H2,1H3/t23-,27?/m1/s1. The quantitative estimate of drug-likeness (QED) is 0.649. The Morgan fingerprint density at radius 1 is 1.11 bits per heavy atom. The van der Waals surface area contributed by atoms with Crippen molar-refractivity contribution in [1.29, 1.82) is 0 Å². The van der Waals surface area contributed by atoms with Crippen molar-refractivity contribution in [3.8, 4) is 5.75 Å². The molecule has 4 aliphatic rings. The summed E-state index contributed by atoms with van der Waals surface area (Å²) in [7, 11) is 0. The molecule has 2 amide bonds. The molecule has 6 rings (SSSR count). The largest absolute Gasteiger partial charge is 0.462 e. The number of carbonyl (C=O) groups is 2. The number of fused-ring (bicyclic) bond motifs is 2. The molecule has 2 aromatic carbocycles. The average Bonchev–Trinajstić information content (AvgIpc) is 2.95. The van der Waals surface area contributed by atoms with Gasteiger partial charge in [0.2, 0.25) is 12.2 Å². The maximum absolute atomic E-state index is 13.4. The fraction of sp³-hybridized carbons (Fsp3) is 0.517. The summed E-state index contributed by atoms with van der Waals surface area (Å²) in [4.78, 5) is 30.8. The molecule has 196 valence electrons. The highest BCUT2D eigenvalue weighted by molar-refractivity contribution is 5.97. The van der Waals surface area contributed by atoms with E-state index in [2.05, 4.69) is 29.2 Å². The lowest BCUT2D eigenvalue weighted by Gasteiger charge is -2.58. The maximum atomic E-state index is 13.4. The molecule has 0 radical (unpaired) electrons. The number of likely N-dealkylation sites (tertiary alicyclic amines) is 1. The van der Waals surface area contributed by atoms with E-state index < -0.39 is 12.4 Å². The molecule has 2 fully saturated rings. The molecule has 1 N–H and O–H groups in total. The van der Waals surface area contributed by atoms with Gasteiger partial charge in [0.25, 0.3) is 5.91 Å². The molecular weight excluding hydrogens is 470 g/mol. The number of carbonyl (C=O) groups excluding carboxylic acids is 2. The number of ether oxygens (including phenoxy) is 2. The predicted octanol–water partition coefficient (Wildman–Crippen LogP) is 2.29. The highest BCUT2D eigenvalue weighted by Crippen LogP contribution is 2.50. The van der Waals surface area contributed by atoms with E-state index in [1.807, 2.05) is 17.0 Å². The van der Waals surface area contributed by atoms with Crippen molar-refractivity contribution in [3.05, 3.63) is 65.2 Å². The van der Waals surface area contributed by atoms with Gasteiger partial charge in [-0.3, -0.25) is 14.5 Å². The van der Waals surface area contributed by atoms with Crippen LogP contribution in [0.1, 0.15) is 41.3 Å². The van der Waals surface area contributed by atoms with E-state index in [1.54, 1.807) is 24.0 Å². The van der Waals surface area contributed by atoms with Crippen LogP contribution in [0.4, 0.5) is 0 Å². The van der Waals surface area contributed by atoms with Crippen LogP contribution < -0.4 is 4.74 Å². The van der Waals surface area contributed by atoms with Crippen LogP contribution in [0.2, 0.25) is 0 Å². The minimum Gasteiger partial charge on any atom is -0.462 e. The van der Waals surface area contributed by atoms with Crippen LogP contribution in [-0.4, -0.2) is 89.4 Å². The van der Waals surface area contributed by atoms with Gasteiger partial charge in [-0.25, -0.2) is 0 Å². The third kappa shape index (κ3) is 4.98. The molecule has 2 atom stereocenters. The molecular formula is C29H35N3O5. The molecule has 1 unspecified atom stereocenters. The van der Waals surface area contributed by atoms with Crippen LogP contribution in [-0.2, 0) is 22.5 Å². The molecule has 3 aliphatic heterocycles. The van der Waals surface area contributed by atoms with E-state index in [9.17, 15) is 14.7 Å². The topological polar surface area (TPSA) is 82.6 Å². The van der Waals surface area contributed by atoms with Gasteiger partial charge in [0.1, 0.15) is 5.75 Å². The highest BCUT2D eigenvalue weighted by Gasteiger charge is 2.54. The zero-order valence-electron chi connectivity index (χ0n) is 21.3. The van der Waals surface area contributed by atoms with E-state index in [0.717, 1.165) is 45.4 Å². The Labute approximate surface area is 217 Å². The molecule has 2 aromatic rings. The molecule has 8 nitrogen and oxygen atoms in total. The Balaban J connectivity index is 1.09. The first-order chi connectivity index (χ1) is 17.9. The molecule has 0 aromatic heterocycles. The molecule has 8 heteroatoms. The van der Waals surface area contributed by atoms with E-state index in [0.29, 0.717) is 17.9 Å². The summed E-state index contributed by atoms with van der Waals surface area (Å²) in [5, 5.41) is 11.0. The fourth-order valence-corrected chi connectivity index (χ4v) is 6.37. The van der Waals surface area contributed by atoms with E-state index in [1.165, 1.54) is 11.1 Å². The van der Waals surface area contributed by atoms with Crippen molar-refractivity contribution in [2.75, 3.05) is 39.3 Å². The van der Waals surface area contributed by atoms with E-state index >= 15 is 0 Å². The summed E-state index contributed by atoms with van der Waals surface area (Å²) in [6.45, 7) is 5.90. The third-order valence-electron chi connectivity index (χ3n) is 8.31. The number of aliphatic hydroxyl groups excluding tert-OH is 1. The summed E-state index contributed by atoms with van der Waals surface area (Å²) in [5.74, 6) is 0.494. The van der Waals surface area contributed by atoms with Crippen LogP contribution in [0.5, 0.6) is 5.75 Å². The molecule has 1 spiro atoms. The summed E-state index contributed by atoms with van der Waals surface area (Å²) < 4.78 is 12.5. The molecule has 37 heavy (non-hydrogen) atoms. The van der Waals surface area contributed by atoms with E-state index in [-0.39, 0.29) is 36.4 Å². The summed E-state index contributed by atoms with van der Waals surface area (Å²) in [6.07, 6.45) is 1.51. The lowest BCUT2D eigenvalue weighted by molar-refractivity contribution is -0.209. The van der Waals surface area contributed by atoms with Crippen molar-refractivity contribution in [2.45, 2.75) is 51.2 Å². The van der Waals surface area contributed by atoms with Gasteiger partial charge in [-0.15, -0.1) is 0 Å². The lowest BCUT2D eigenvalue weighted by atomic mass is 9.61. The number of benzene rings is 2. The number of amides is 2. The Morgan fingerprint density at radius 3 is 2.62 bits per heavy atom. The van der Waals surface area contributed by atoms with Crippen LogP contribution >= 0.6 is 0 Å². The van der Waals surface area contributed by atoms with Crippen molar-refractivity contribution in [3.63, 3.8) is 0 Å². The van der Waals surface area contributed by atoms with Gasteiger partial charge in [0, 0.05) is 51.6 Å². The van der Waals surface area contributed by atoms with Gasteiger partial charge in [0.05, 0.1) is 24.3 Å². The second-order valence-electron chi connectivity index (χ2n) is 11.2. The average molecular weight is 506 g/mol. The van der Waals surface area contributed by atoms with Gasteiger partial charge in [0.15, 0.2) is 0 Å². The van der Waals surface area contributed by atoms with Gasteiger partial charge in [-0.2, -0.15) is 0 Å². The van der Waals surface area contributed by atoms with Crippen LogP contribution in [0.3, 0.4) is 0 Å². The Bertz CT molecular complexity index is 1170. The third-order valence-corrected chi connectivity index (χ3v) is 8.31. The predicted molar refractivity (Wildman–Crippen MR) is 137 cm³/mol. The number of para-hydroxylation sites is 1. The summed E-state index contributed by atoms with van der Waals surface area (Å²) in [5.41, 5.74) is 3.35. The van der Waals surface area contributed by atoms with Gasteiger partial charge in [-0.1, -0.05) is 36.4 Å². The molecule has 0 bridgehead atoms. The molecule has 1 saturated carbocycles. The first-order valence-corrected chi connectivity index (χ1v) is 13.3. The first-order valence-electron chi connectivity index (χ1n) is 13.3. The van der Waals surface area contributed by atoms with Gasteiger partial charge >= 0.3 is 0 Å². The zero-order valence-corrected chi connectivity index (χ0v) is 21.3. The number of nitrogens with zero attached hydrogens (tertiary/aromatic N) is 3. The molecule has 1 saturated heterocycles. The summed E-state index contributed by atoms with van der Waals surface area (Å²) >= 11 is 0. The van der Waals surface area contributed by atoms with Crippen LogP contribution in [0, 0.1) is 5.41 Å². The van der Waals surface area contributed by atoms with Crippen LogP contribution in [0.15, 0.2) is 48.5 Å². The molecule has 1 aliphatic carbocycles. The first kappa shape index (κ1) is 24.4. The fourth-order valence-electron chi connectivity index (χ4n) is 6.37. The Morgan fingerprint density at radius 2 is 1.84 bits per heavy atom. The normalized spacial score (nSPS) is 23.8. The molecule has 3 heterocycles. The van der Waals surface area contributed by atoms with Crippen molar-refractivity contribution >= 4 is 11.8 Å². The second-order valence-corrected chi connectivity index (χ2v) is 11.2. The zero-order chi connectivity index (χ0) is 25.6. The van der Waals surface area contributed by atoms with E-state index in [4.69, 9.17) is 9.47 Å².